The van der Waals surface area contributed by atoms with Gasteiger partial charge in [-0.15, -0.1) is 0 Å². The molecular formula is C97H129N19O27S6. The molecule has 5 aromatic carbocycles. The van der Waals surface area contributed by atoms with Crippen molar-refractivity contribution in [1.29, 1.82) is 0 Å². The molecule has 6 heterocycles. The number of benzene rings is 5. The average molecular weight is 2190 g/mol. The number of aromatic amines is 2. The number of primary amides is 1. The molecule has 52 heteroatoms. The third kappa shape index (κ3) is 32.7. The predicted molar refractivity (Wildman–Crippen MR) is 554 cm³/mol. The van der Waals surface area contributed by atoms with E-state index in [9.17, 15) is 63.3 Å². The number of hydrogen-bond donors (Lipinski definition) is 18. The van der Waals surface area contributed by atoms with Crippen molar-refractivity contribution in [3.8, 4) is 17.2 Å². The van der Waals surface area contributed by atoms with E-state index < -0.39 is 315 Å². The molecule has 4 aliphatic rings. The first-order chi connectivity index (χ1) is 70.6. The molecule has 13 amide bonds. The monoisotopic (exact) mass is 2180 g/mol. The Bertz CT molecular complexity index is 6440. The Hall–Kier alpha value is -12.7. The first kappa shape index (κ1) is 117. The predicted octanol–water partition coefficient (Wildman–Crippen LogP) is -0.483. The molecule has 10 bridgehead atoms. The van der Waals surface area contributed by atoms with Gasteiger partial charge in [-0.05, 0) is 138 Å². The fourth-order valence-electron chi connectivity index (χ4n) is 17.4. The third-order valence-corrected chi connectivity index (χ3v) is 34.6. The van der Waals surface area contributed by atoms with E-state index in [2.05, 4.69) is 68.5 Å². The number of thioether (sulfide) groups is 3. The number of carbonyl (C=O) groups is 15. The number of methoxy groups -OCH3 is 3. The number of rotatable bonds is 18. The summed E-state index contributed by atoms with van der Waals surface area (Å²) in [6, 6.07) is 7.12. The van der Waals surface area contributed by atoms with Crippen LogP contribution < -0.4 is 84.2 Å². The van der Waals surface area contributed by atoms with Crippen LogP contribution in [0.3, 0.4) is 0 Å². The summed E-state index contributed by atoms with van der Waals surface area (Å²) in [5.41, 5.74) is 15.4. The Morgan fingerprint density at radius 2 is 0.899 bits per heavy atom. The number of sulfonamides is 3. The van der Waals surface area contributed by atoms with Crippen molar-refractivity contribution < 1.29 is 127 Å². The van der Waals surface area contributed by atoms with Crippen LogP contribution in [-0.2, 0) is 154 Å². The number of aliphatic hydroxyl groups excluding tert-OH is 1. The zero-order valence-electron chi connectivity index (χ0n) is 83.6. The Labute approximate surface area is 874 Å². The van der Waals surface area contributed by atoms with Gasteiger partial charge in [0.2, 0.25) is 107 Å². The number of carboxylic acids is 2. The Morgan fingerprint density at radius 3 is 1.34 bits per heavy atom. The number of nitrogens with one attached hydrogen (secondary N) is 13. The molecule has 0 aliphatic carbocycles. The molecule has 2 aromatic heterocycles. The van der Waals surface area contributed by atoms with Gasteiger partial charge in [0, 0.05) is 134 Å². The van der Waals surface area contributed by atoms with Crippen molar-refractivity contribution in [3.63, 3.8) is 0 Å². The van der Waals surface area contributed by atoms with E-state index in [1.807, 2.05) is 0 Å². The number of aromatic nitrogens is 2. The van der Waals surface area contributed by atoms with Crippen molar-refractivity contribution in [1.82, 2.24) is 86.3 Å². The summed E-state index contributed by atoms with van der Waals surface area (Å²) in [6.45, 7) is 4.51. The van der Waals surface area contributed by atoms with Gasteiger partial charge in [0.25, 0.3) is 0 Å². The van der Waals surface area contributed by atoms with Crippen molar-refractivity contribution in [3.05, 3.63) is 160 Å². The maximum atomic E-state index is 15.9. The fraction of sp³-hybridized carbons (Fsp3) is 0.495. The lowest BCUT2D eigenvalue weighted by Crippen LogP contribution is -2.62. The minimum atomic E-state index is -4.75. The number of fused-ring (bicyclic) bond motifs is 12. The fourth-order valence-corrected chi connectivity index (χ4v) is 26.1. The molecule has 20 N–H and O–H groups in total. The van der Waals surface area contributed by atoms with Gasteiger partial charge in [-0.2, -0.15) is 48.2 Å². The average Bonchev–Trinajstić information content (AvgIpc) is 1.65. The number of aliphatic hydroxyl groups is 1. The van der Waals surface area contributed by atoms with E-state index in [1.54, 1.807) is 86.8 Å². The van der Waals surface area contributed by atoms with Crippen LogP contribution >= 0.6 is 35.3 Å². The Morgan fingerprint density at radius 1 is 0.477 bits per heavy atom. The molecule has 1 saturated heterocycles. The lowest BCUT2D eigenvalue weighted by molar-refractivity contribution is -0.143. The van der Waals surface area contributed by atoms with E-state index in [4.69, 9.17) is 25.7 Å². The van der Waals surface area contributed by atoms with Crippen molar-refractivity contribution >= 4 is 176 Å². The highest BCUT2D eigenvalue weighted by molar-refractivity contribution is 8.01. The van der Waals surface area contributed by atoms with Gasteiger partial charge in [0.15, 0.2) is 0 Å². The second-order valence-corrected chi connectivity index (χ2v) is 47.2. The first-order valence-corrected chi connectivity index (χ1v) is 56.4. The summed E-state index contributed by atoms with van der Waals surface area (Å²) >= 11 is 2.47. The molecule has 149 heavy (non-hydrogen) atoms. The van der Waals surface area contributed by atoms with Crippen LogP contribution in [0.15, 0.2) is 116 Å². The van der Waals surface area contributed by atoms with Crippen molar-refractivity contribution in [2.24, 2.45) is 23.3 Å². The number of carboxylic acid groups (broad SMARTS) is 2. The maximum Gasteiger partial charge on any atom is 0.305 e. The van der Waals surface area contributed by atoms with Gasteiger partial charge in [0.1, 0.15) is 83.7 Å². The molecule has 16 atom stereocenters. The van der Waals surface area contributed by atoms with Crippen LogP contribution in [0, 0.1) is 11.8 Å². The zero-order valence-corrected chi connectivity index (χ0v) is 88.5. The van der Waals surface area contributed by atoms with Crippen LogP contribution in [0.2, 0.25) is 0 Å². The molecule has 46 nitrogen and oxygen atoms in total. The van der Waals surface area contributed by atoms with Gasteiger partial charge in [-0.1, -0.05) is 82.3 Å². The van der Waals surface area contributed by atoms with Gasteiger partial charge in [-0.25, -0.2) is 25.3 Å². The number of ether oxygens (including phenoxy) is 3. The number of hydrogen-bond acceptors (Lipinski definition) is 29. The lowest BCUT2D eigenvalue weighted by Gasteiger charge is -2.32. The standard InChI is InChI=1S/C97H129N19O27S6/c1-53(2)83-95(132)106-75(40-82(121)122)88(125)102-43-80(118)103-73(38-63-41-100-70-17-12-10-15-68(63)70)90(127)111-84(54(3)4)97(134)116-22-14-19-79(116)94(131)107-76(86(99)123)50-144-23-26-147(135,136)113-44-57-29-59(34-65(32-57)141-7)46-114-47-61-31-62(37-67(36-61)143-9)49-115(48-60-30-58(45-113)33-66(35-60)142-8)149(139,140)28-25-146-52-78(108-87(124)55(5)98)93(130)112-85(56(6)117)96(133)104-72(20-21-81(119)120)89(126)109-77(51-145-24-27-148(114,137)138)92(129)105-74(91(128)110-83)39-64-42-101-71-18-13-11-16-69(64)71/h10-13,15-18,29-37,41-42,53-56,72-79,83-85,100-101,117H,14,19-28,38-40,43-52,98H2,1-9H3,(H2,99,123)(H,102,125)(H,103,118)(H,104,133)(H,105,129)(H,106,132)(H,107,131)(H,108,124)(H,109,126)(H,110,128)(H,111,127)(H,112,130)(H,119,120)(H,121,122)/t55-,56+,72-,73-,74-,75-,76-,77-,78-,79-,83-,84-,85-/m0/s1. The van der Waals surface area contributed by atoms with Crippen molar-refractivity contribution in [2.75, 3.05) is 86.2 Å². The zero-order chi connectivity index (χ0) is 109. The normalized spacial score (nSPS) is 25.3. The Kier molecular flexibility index (Phi) is 41.6. The second kappa shape index (κ2) is 53.2. The van der Waals surface area contributed by atoms with E-state index >= 15 is 49.2 Å². The number of aliphatic carboxylic acids is 2. The minimum absolute atomic E-state index is 0.0212. The van der Waals surface area contributed by atoms with Crippen molar-refractivity contribution in [2.45, 2.75) is 204 Å². The summed E-state index contributed by atoms with van der Waals surface area (Å²) in [4.78, 5) is 225. The minimum Gasteiger partial charge on any atom is -0.497 e. The van der Waals surface area contributed by atoms with Gasteiger partial charge >= 0.3 is 11.9 Å². The summed E-state index contributed by atoms with van der Waals surface area (Å²) < 4.78 is 115. The molecule has 7 aromatic rings. The lowest BCUT2D eigenvalue weighted by atomic mass is 9.99. The topological polar surface area (TPSA) is 676 Å². The van der Waals surface area contributed by atoms with Crippen LogP contribution in [-0.4, -0.2) is 322 Å². The maximum absolute atomic E-state index is 15.9. The van der Waals surface area contributed by atoms with Crippen LogP contribution in [0.25, 0.3) is 21.8 Å². The smallest absolute Gasteiger partial charge is 0.305 e. The third-order valence-electron chi connectivity index (χ3n) is 25.3. The SMILES string of the molecule is COc1cc2cc(c1)CN1Cc3cc(cc(OC)c3)CN3Cc4cc(cc(OC)c4)CN(C2)S(=O)(=O)CCSC[C@@H](C(N)=O)NC(=O)[C@@H]2CCCN2C(=O)[C@H](C(C)C)NC(=O)[C@H](Cc2c[nH]c4ccccc24)NC(=O)CNC(=O)[C@H](CC(=O)O)NC(=O)[C@H](C(C)C)NC(=O)[C@H](Cc2c[nH]c4ccccc24)NC(=O)[C@H](CSCCS3(=O)=O)NC(=O)[C@H](CCC(=O)O)NC(=O)[C@H]([C@@H](C)O)NC(=O)[C@@H](NC(=O)[C@H](C)N)CSCCS1(=O)=O. The largest absolute Gasteiger partial charge is 0.497 e. The van der Waals surface area contributed by atoms with E-state index in [0.29, 0.717) is 32.9 Å². The molecule has 0 saturated carbocycles. The van der Waals surface area contributed by atoms with E-state index in [-0.39, 0.29) is 93.7 Å². The summed E-state index contributed by atoms with van der Waals surface area (Å²) in [7, 11) is -9.97. The molecule has 1 fully saturated rings. The molecule has 4 aliphatic heterocycles. The summed E-state index contributed by atoms with van der Waals surface area (Å²) in [6.07, 6.45) is -2.00. The highest BCUT2D eigenvalue weighted by Gasteiger charge is 2.44. The number of amides is 13. The summed E-state index contributed by atoms with van der Waals surface area (Å²) in [5.74, 6) is -23.4. The van der Waals surface area contributed by atoms with Gasteiger partial charge in [0.05, 0.1) is 63.7 Å². The van der Waals surface area contributed by atoms with E-state index in [1.165, 1.54) is 89.6 Å². The second-order valence-electron chi connectivity index (χ2n) is 37.5. The van der Waals surface area contributed by atoms with Crippen LogP contribution in [0.4, 0.5) is 0 Å². The molecule has 810 valence electrons. The van der Waals surface area contributed by atoms with Gasteiger partial charge < -0.3 is 114 Å². The highest BCUT2D eigenvalue weighted by Crippen LogP contribution is 2.33. The molecule has 0 radical (unpaired) electrons. The van der Waals surface area contributed by atoms with Gasteiger partial charge in [-0.3, -0.25) is 71.9 Å². The molecular weight excluding hydrogens is 2060 g/mol. The molecule has 0 spiro atoms. The van der Waals surface area contributed by atoms with Crippen LogP contribution in [0.1, 0.15) is 118 Å². The number of nitrogens with two attached hydrogens (primary N) is 2. The Balaban J connectivity index is 1.05. The number of carbonyl (C=O) groups excluding carboxylic acids is 13. The highest BCUT2D eigenvalue weighted by atomic mass is 32.2. The first-order valence-electron chi connectivity index (χ1n) is 48.1. The summed E-state index contributed by atoms with van der Waals surface area (Å²) in [5, 5.41) is 60.7. The quantitative estimate of drug-likeness (QED) is 0.0516. The molecule has 3 unspecified atom stereocenters. The number of para-hydroxylation sites is 2. The molecule has 11 rings (SSSR count). The van der Waals surface area contributed by atoms with Crippen LogP contribution in [0.5, 0.6) is 17.2 Å². The number of nitrogens with zero attached hydrogens (tertiary/aromatic N) is 4. The van der Waals surface area contributed by atoms with E-state index in [0.717, 1.165) is 55.1 Å². The number of H-pyrrole nitrogens is 2.